The van der Waals surface area contributed by atoms with Crippen LogP contribution in [0.3, 0.4) is 0 Å². The minimum atomic E-state index is 0.124. The number of aromatic nitrogens is 2. The average Bonchev–Trinajstić information content (AvgIpc) is 2.76. The molecule has 0 spiro atoms. The van der Waals surface area contributed by atoms with Crippen LogP contribution in [0, 0.1) is 0 Å². The van der Waals surface area contributed by atoms with Crippen molar-refractivity contribution in [3.63, 3.8) is 0 Å². The second kappa shape index (κ2) is 5.09. The number of ether oxygens (including phenoxy) is 1. The van der Waals surface area contributed by atoms with E-state index in [1.165, 1.54) is 6.42 Å². The van der Waals surface area contributed by atoms with Crippen molar-refractivity contribution in [2.24, 2.45) is 5.73 Å². The Morgan fingerprint density at radius 2 is 2.53 bits per heavy atom. The molecule has 2 N–H and O–H groups in total. The summed E-state index contributed by atoms with van der Waals surface area (Å²) in [6.45, 7) is 1.41. The number of nitrogens with zero attached hydrogens (tertiary/aromatic N) is 2. The average molecular weight is 207 g/mol. The molecule has 1 fully saturated rings. The predicted molar refractivity (Wildman–Crippen MR) is 59.2 cm³/mol. The van der Waals surface area contributed by atoms with Gasteiger partial charge in [0.15, 0.2) is 0 Å². The second-order valence-corrected chi connectivity index (χ2v) is 3.71. The molecule has 0 aromatic carbocycles. The van der Waals surface area contributed by atoms with Crippen LogP contribution in [-0.4, -0.2) is 22.9 Å². The smallest absolute Gasteiger partial charge is 0.150 e. The van der Waals surface area contributed by atoms with Crippen LogP contribution in [0.25, 0.3) is 6.08 Å². The van der Waals surface area contributed by atoms with E-state index in [0.717, 1.165) is 25.0 Å². The zero-order chi connectivity index (χ0) is 10.5. The summed E-state index contributed by atoms with van der Waals surface area (Å²) in [6, 6.07) is 0. The lowest BCUT2D eigenvalue weighted by Crippen LogP contribution is -2.18. The van der Waals surface area contributed by atoms with Crippen molar-refractivity contribution >= 4 is 6.08 Å². The van der Waals surface area contributed by atoms with Crippen molar-refractivity contribution in [2.45, 2.75) is 25.5 Å². The zero-order valence-corrected chi connectivity index (χ0v) is 8.80. The van der Waals surface area contributed by atoms with Crippen LogP contribution in [0.1, 0.15) is 31.1 Å². The third kappa shape index (κ3) is 2.67. The second-order valence-electron chi connectivity index (χ2n) is 3.71. The Kier molecular flexibility index (Phi) is 3.53. The first-order chi connectivity index (χ1) is 7.40. The minimum absolute atomic E-state index is 0.124. The molecule has 1 saturated heterocycles. The van der Waals surface area contributed by atoms with Crippen LogP contribution in [0.5, 0.6) is 0 Å². The normalized spacial score (nSPS) is 22.3. The van der Waals surface area contributed by atoms with E-state index in [-0.39, 0.29) is 6.23 Å². The maximum Gasteiger partial charge on any atom is 0.150 e. The third-order valence-corrected chi connectivity index (χ3v) is 2.52. The molecule has 0 aliphatic carbocycles. The molecule has 1 aromatic rings. The highest BCUT2D eigenvalue weighted by Gasteiger charge is 2.15. The molecule has 4 nitrogen and oxygen atoms in total. The van der Waals surface area contributed by atoms with Crippen molar-refractivity contribution < 1.29 is 4.74 Å². The van der Waals surface area contributed by atoms with Gasteiger partial charge in [0, 0.05) is 24.9 Å². The van der Waals surface area contributed by atoms with Crippen molar-refractivity contribution in [3.8, 4) is 0 Å². The molecule has 4 heteroatoms. The van der Waals surface area contributed by atoms with Gasteiger partial charge in [-0.15, -0.1) is 0 Å². The lowest BCUT2D eigenvalue weighted by Gasteiger charge is -2.22. The van der Waals surface area contributed by atoms with Gasteiger partial charge >= 0.3 is 0 Å². The molecule has 15 heavy (non-hydrogen) atoms. The van der Waals surface area contributed by atoms with Crippen molar-refractivity contribution in [2.75, 3.05) is 13.2 Å². The Morgan fingerprint density at radius 1 is 1.60 bits per heavy atom. The van der Waals surface area contributed by atoms with Gasteiger partial charge in [-0.25, -0.2) is 4.68 Å². The zero-order valence-electron chi connectivity index (χ0n) is 8.80. The van der Waals surface area contributed by atoms with Gasteiger partial charge in [0.25, 0.3) is 0 Å². The van der Waals surface area contributed by atoms with Gasteiger partial charge in [-0.05, 0) is 19.3 Å². The summed E-state index contributed by atoms with van der Waals surface area (Å²) in [6.07, 6.45) is 11.3. The van der Waals surface area contributed by atoms with Crippen LogP contribution in [0.15, 0.2) is 18.5 Å². The largest absolute Gasteiger partial charge is 0.357 e. The molecule has 2 heterocycles. The van der Waals surface area contributed by atoms with E-state index in [2.05, 4.69) is 5.10 Å². The fourth-order valence-electron chi connectivity index (χ4n) is 1.73. The summed E-state index contributed by atoms with van der Waals surface area (Å²) < 4.78 is 7.53. The van der Waals surface area contributed by atoms with E-state index in [0.29, 0.717) is 6.54 Å². The van der Waals surface area contributed by atoms with E-state index in [1.807, 2.05) is 29.2 Å². The number of hydrogen-bond acceptors (Lipinski definition) is 3. The third-order valence-electron chi connectivity index (χ3n) is 2.52. The van der Waals surface area contributed by atoms with Crippen LogP contribution in [0.4, 0.5) is 0 Å². The summed E-state index contributed by atoms with van der Waals surface area (Å²) in [4.78, 5) is 0. The van der Waals surface area contributed by atoms with Crippen molar-refractivity contribution in [1.29, 1.82) is 0 Å². The maximum absolute atomic E-state index is 5.63. The summed E-state index contributed by atoms with van der Waals surface area (Å²) >= 11 is 0. The SMILES string of the molecule is NCC=Cc1cnn([C@@H]2CCCCO2)c1. The number of nitrogens with two attached hydrogens (primary N) is 1. The summed E-state index contributed by atoms with van der Waals surface area (Å²) in [5, 5.41) is 4.29. The monoisotopic (exact) mass is 207 g/mol. The Balaban J connectivity index is 2.02. The van der Waals surface area contributed by atoms with Crippen molar-refractivity contribution in [1.82, 2.24) is 9.78 Å². The van der Waals surface area contributed by atoms with E-state index in [1.54, 1.807) is 0 Å². The fraction of sp³-hybridized carbons (Fsp3) is 0.545. The first-order valence-corrected chi connectivity index (χ1v) is 5.42. The minimum Gasteiger partial charge on any atom is -0.357 e. The van der Waals surface area contributed by atoms with Gasteiger partial charge in [-0.2, -0.15) is 5.10 Å². The summed E-state index contributed by atoms with van der Waals surface area (Å²) in [5.74, 6) is 0. The standard InChI is InChI=1S/C11H17N3O/c12-6-3-4-10-8-13-14(9-10)11-5-1-2-7-15-11/h3-4,8-9,11H,1-2,5-7,12H2/t11-/m0/s1. The first-order valence-electron chi connectivity index (χ1n) is 5.42. The molecule has 1 aromatic heterocycles. The molecule has 82 valence electrons. The first kappa shape index (κ1) is 10.4. The Bertz CT molecular complexity index is 326. The maximum atomic E-state index is 5.63. The molecule has 0 bridgehead atoms. The van der Waals surface area contributed by atoms with E-state index in [4.69, 9.17) is 10.5 Å². The topological polar surface area (TPSA) is 53.1 Å². The van der Waals surface area contributed by atoms with Gasteiger partial charge < -0.3 is 10.5 Å². The fourth-order valence-corrected chi connectivity index (χ4v) is 1.73. The van der Waals surface area contributed by atoms with Crippen molar-refractivity contribution in [3.05, 3.63) is 24.0 Å². The Labute approximate surface area is 89.7 Å². The van der Waals surface area contributed by atoms with Crippen LogP contribution < -0.4 is 5.73 Å². The van der Waals surface area contributed by atoms with E-state index in [9.17, 15) is 0 Å². The van der Waals surface area contributed by atoms with E-state index >= 15 is 0 Å². The van der Waals surface area contributed by atoms with Crippen LogP contribution in [-0.2, 0) is 4.74 Å². The lowest BCUT2D eigenvalue weighted by atomic mass is 10.2. The molecular weight excluding hydrogens is 190 g/mol. The van der Waals surface area contributed by atoms with Gasteiger partial charge in [-0.3, -0.25) is 0 Å². The van der Waals surface area contributed by atoms with Gasteiger partial charge in [0.1, 0.15) is 6.23 Å². The number of hydrogen-bond donors (Lipinski definition) is 1. The molecule has 0 unspecified atom stereocenters. The molecule has 0 radical (unpaired) electrons. The molecule has 0 amide bonds. The van der Waals surface area contributed by atoms with Gasteiger partial charge in [0.05, 0.1) is 6.20 Å². The molecule has 0 saturated carbocycles. The summed E-state index contributed by atoms with van der Waals surface area (Å²) in [7, 11) is 0. The van der Waals surface area contributed by atoms with Crippen LogP contribution in [0.2, 0.25) is 0 Å². The molecule has 1 atom stereocenters. The highest BCUT2D eigenvalue weighted by molar-refractivity contribution is 5.46. The highest BCUT2D eigenvalue weighted by atomic mass is 16.5. The van der Waals surface area contributed by atoms with Crippen LogP contribution >= 0.6 is 0 Å². The molecule has 2 rings (SSSR count). The molecule has 1 aliphatic heterocycles. The quantitative estimate of drug-likeness (QED) is 0.818. The van der Waals surface area contributed by atoms with E-state index < -0.39 is 0 Å². The van der Waals surface area contributed by atoms with Gasteiger partial charge in [0.2, 0.25) is 0 Å². The predicted octanol–water partition coefficient (Wildman–Crippen LogP) is 1.55. The number of rotatable bonds is 3. The Hall–Kier alpha value is -1.13. The Morgan fingerprint density at radius 3 is 3.27 bits per heavy atom. The molecule has 1 aliphatic rings. The summed E-state index contributed by atoms with van der Waals surface area (Å²) in [5.41, 5.74) is 6.47. The highest BCUT2D eigenvalue weighted by Crippen LogP contribution is 2.21. The van der Waals surface area contributed by atoms with Gasteiger partial charge in [-0.1, -0.05) is 12.2 Å². The molecular formula is C11H17N3O. The lowest BCUT2D eigenvalue weighted by molar-refractivity contribution is -0.0394.